The molecule has 3 rings (SSSR count). The first kappa shape index (κ1) is 6.51. The third-order valence-corrected chi connectivity index (χ3v) is 4.57. The standard InChI is InChI=1S/C11H18/c1-2-7-11(6-1)8-10(11)9-4-3-5-9/h9-10H,1-8H2. The largest absolute Gasteiger partial charge is 0.0528 e. The predicted octanol–water partition coefficient (Wildman–Crippen LogP) is 3.37. The van der Waals surface area contributed by atoms with Gasteiger partial charge in [-0.25, -0.2) is 0 Å². The summed E-state index contributed by atoms with van der Waals surface area (Å²) in [7, 11) is 0. The van der Waals surface area contributed by atoms with Crippen molar-refractivity contribution >= 4 is 0 Å². The Labute approximate surface area is 69.4 Å². The van der Waals surface area contributed by atoms with Gasteiger partial charge in [-0.15, -0.1) is 0 Å². The van der Waals surface area contributed by atoms with Crippen LogP contribution in [0.4, 0.5) is 0 Å². The van der Waals surface area contributed by atoms with E-state index in [1.807, 2.05) is 0 Å². The van der Waals surface area contributed by atoms with E-state index >= 15 is 0 Å². The van der Waals surface area contributed by atoms with E-state index < -0.39 is 0 Å². The molecular weight excluding hydrogens is 132 g/mol. The van der Waals surface area contributed by atoms with Crippen molar-refractivity contribution in [2.45, 2.75) is 51.4 Å². The highest BCUT2D eigenvalue weighted by Crippen LogP contribution is 2.68. The topological polar surface area (TPSA) is 0 Å². The Morgan fingerprint density at radius 3 is 2.18 bits per heavy atom. The van der Waals surface area contributed by atoms with Gasteiger partial charge in [-0.3, -0.25) is 0 Å². The molecule has 62 valence electrons. The van der Waals surface area contributed by atoms with Gasteiger partial charge in [0, 0.05) is 0 Å². The Bertz CT molecular complexity index is 161. The lowest BCUT2D eigenvalue weighted by Crippen LogP contribution is -2.16. The van der Waals surface area contributed by atoms with Gasteiger partial charge in [0.25, 0.3) is 0 Å². The van der Waals surface area contributed by atoms with Gasteiger partial charge in [-0.1, -0.05) is 32.1 Å². The van der Waals surface area contributed by atoms with Crippen molar-refractivity contribution in [3.8, 4) is 0 Å². The minimum Gasteiger partial charge on any atom is -0.0528 e. The molecule has 0 aromatic rings. The van der Waals surface area contributed by atoms with E-state index in [2.05, 4.69) is 0 Å². The van der Waals surface area contributed by atoms with Crippen LogP contribution >= 0.6 is 0 Å². The van der Waals surface area contributed by atoms with Crippen molar-refractivity contribution in [1.29, 1.82) is 0 Å². The average molecular weight is 150 g/mol. The number of hydrogen-bond donors (Lipinski definition) is 0. The van der Waals surface area contributed by atoms with Gasteiger partial charge < -0.3 is 0 Å². The summed E-state index contributed by atoms with van der Waals surface area (Å²) in [5.74, 6) is 2.40. The molecule has 1 unspecified atom stereocenters. The van der Waals surface area contributed by atoms with Gasteiger partial charge in [0.05, 0.1) is 0 Å². The van der Waals surface area contributed by atoms with Gasteiger partial charge in [0.15, 0.2) is 0 Å². The van der Waals surface area contributed by atoms with Crippen molar-refractivity contribution in [1.82, 2.24) is 0 Å². The maximum absolute atomic E-state index is 1.62. The van der Waals surface area contributed by atoms with Crippen LogP contribution in [0.25, 0.3) is 0 Å². The van der Waals surface area contributed by atoms with Crippen LogP contribution in [-0.2, 0) is 0 Å². The van der Waals surface area contributed by atoms with E-state index in [1.54, 1.807) is 44.9 Å². The van der Waals surface area contributed by atoms with E-state index in [-0.39, 0.29) is 0 Å². The second-order valence-corrected chi connectivity index (χ2v) is 5.07. The van der Waals surface area contributed by atoms with Crippen molar-refractivity contribution < 1.29 is 0 Å². The Balaban J connectivity index is 1.67. The zero-order valence-electron chi connectivity index (χ0n) is 7.31. The van der Waals surface area contributed by atoms with Crippen LogP contribution in [0.2, 0.25) is 0 Å². The molecule has 11 heavy (non-hydrogen) atoms. The molecule has 0 aliphatic heterocycles. The Kier molecular flexibility index (Phi) is 1.20. The quantitative estimate of drug-likeness (QED) is 0.537. The fourth-order valence-corrected chi connectivity index (χ4v) is 3.54. The third kappa shape index (κ3) is 0.816. The minimum atomic E-state index is 0.936. The summed E-state index contributed by atoms with van der Waals surface area (Å²) < 4.78 is 0. The molecule has 3 aliphatic rings. The molecule has 3 aliphatic carbocycles. The fraction of sp³-hybridized carbons (Fsp3) is 1.00. The maximum atomic E-state index is 1.62. The van der Waals surface area contributed by atoms with Crippen LogP contribution in [0.3, 0.4) is 0 Å². The first-order valence-electron chi connectivity index (χ1n) is 5.41. The zero-order valence-corrected chi connectivity index (χ0v) is 7.31. The molecule has 0 saturated heterocycles. The molecule has 0 heteroatoms. The molecule has 3 saturated carbocycles. The molecule has 0 N–H and O–H groups in total. The first-order valence-corrected chi connectivity index (χ1v) is 5.41. The zero-order chi connectivity index (χ0) is 7.31. The normalized spacial score (nSPS) is 40.9. The molecule has 1 spiro atoms. The summed E-state index contributed by atoms with van der Waals surface area (Å²) >= 11 is 0. The Morgan fingerprint density at radius 2 is 1.64 bits per heavy atom. The van der Waals surface area contributed by atoms with E-state index in [1.165, 1.54) is 18.3 Å². The van der Waals surface area contributed by atoms with E-state index in [9.17, 15) is 0 Å². The summed E-state index contributed by atoms with van der Waals surface area (Å²) in [6, 6.07) is 0. The van der Waals surface area contributed by atoms with E-state index in [0.717, 1.165) is 5.41 Å². The summed E-state index contributed by atoms with van der Waals surface area (Å²) in [5, 5.41) is 0. The SMILES string of the molecule is C1CC(C2CC23CCCC3)C1. The third-order valence-electron chi connectivity index (χ3n) is 4.57. The molecule has 0 aromatic heterocycles. The predicted molar refractivity (Wildman–Crippen MR) is 46.3 cm³/mol. The minimum absolute atomic E-state index is 0.936. The maximum Gasteiger partial charge on any atom is -0.0263 e. The fourth-order valence-electron chi connectivity index (χ4n) is 3.54. The Morgan fingerprint density at radius 1 is 0.909 bits per heavy atom. The lowest BCUT2D eigenvalue weighted by atomic mass is 9.78. The van der Waals surface area contributed by atoms with Gasteiger partial charge in [-0.05, 0) is 36.5 Å². The van der Waals surface area contributed by atoms with Crippen LogP contribution in [0.5, 0.6) is 0 Å². The summed E-state index contributed by atoms with van der Waals surface area (Å²) in [6.45, 7) is 0. The monoisotopic (exact) mass is 150 g/mol. The van der Waals surface area contributed by atoms with Gasteiger partial charge >= 0.3 is 0 Å². The van der Waals surface area contributed by atoms with E-state index in [4.69, 9.17) is 0 Å². The van der Waals surface area contributed by atoms with Crippen molar-refractivity contribution in [2.75, 3.05) is 0 Å². The van der Waals surface area contributed by atoms with Crippen LogP contribution in [0, 0.1) is 17.3 Å². The lowest BCUT2D eigenvalue weighted by Gasteiger charge is -2.27. The summed E-state index contributed by atoms with van der Waals surface area (Å²) in [5.41, 5.74) is 0.936. The second kappa shape index (κ2) is 2.02. The Hall–Kier alpha value is 0. The second-order valence-electron chi connectivity index (χ2n) is 5.07. The van der Waals surface area contributed by atoms with Gasteiger partial charge in [-0.2, -0.15) is 0 Å². The molecule has 1 atom stereocenters. The van der Waals surface area contributed by atoms with Crippen LogP contribution in [-0.4, -0.2) is 0 Å². The van der Waals surface area contributed by atoms with Gasteiger partial charge in [0.2, 0.25) is 0 Å². The van der Waals surface area contributed by atoms with Crippen LogP contribution < -0.4 is 0 Å². The highest BCUT2D eigenvalue weighted by atomic mass is 14.6. The highest BCUT2D eigenvalue weighted by molar-refractivity contribution is 5.08. The van der Waals surface area contributed by atoms with Crippen molar-refractivity contribution in [3.63, 3.8) is 0 Å². The molecule has 0 nitrogen and oxygen atoms in total. The van der Waals surface area contributed by atoms with Gasteiger partial charge in [0.1, 0.15) is 0 Å². The molecule has 0 amide bonds. The van der Waals surface area contributed by atoms with Crippen LogP contribution in [0.15, 0.2) is 0 Å². The van der Waals surface area contributed by atoms with Crippen molar-refractivity contribution in [3.05, 3.63) is 0 Å². The molecular formula is C11H18. The highest BCUT2D eigenvalue weighted by Gasteiger charge is 2.58. The molecule has 0 radical (unpaired) electrons. The molecule has 0 aromatic carbocycles. The van der Waals surface area contributed by atoms with Crippen LogP contribution in [0.1, 0.15) is 51.4 Å². The van der Waals surface area contributed by atoms with Crippen molar-refractivity contribution in [2.24, 2.45) is 17.3 Å². The number of rotatable bonds is 1. The molecule has 0 bridgehead atoms. The molecule has 3 fully saturated rings. The average Bonchev–Trinajstić information content (AvgIpc) is 2.40. The molecule has 0 heterocycles. The van der Waals surface area contributed by atoms with E-state index in [0.29, 0.717) is 0 Å². The smallest absolute Gasteiger partial charge is 0.0263 e. The lowest BCUT2D eigenvalue weighted by molar-refractivity contribution is 0.238. The first-order chi connectivity index (χ1) is 5.41. The number of hydrogen-bond acceptors (Lipinski definition) is 0. The summed E-state index contributed by atoms with van der Waals surface area (Å²) in [4.78, 5) is 0. The summed E-state index contributed by atoms with van der Waals surface area (Å²) in [6.07, 6.45) is 12.6.